The number of carbonyl (C=O) groups excluding carboxylic acids is 3. The van der Waals surface area contributed by atoms with Crippen molar-refractivity contribution < 1.29 is 28.9 Å². The van der Waals surface area contributed by atoms with E-state index in [1.807, 2.05) is 30.3 Å². The Morgan fingerprint density at radius 1 is 1.19 bits per heavy atom. The topological polar surface area (TPSA) is 132 Å². The van der Waals surface area contributed by atoms with Crippen LogP contribution in [0.25, 0.3) is 0 Å². The number of hydrogen-bond acceptors (Lipinski definition) is 9. The second-order valence-electron chi connectivity index (χ2n) is 9.25. The molecule has 1 aliphatic rings. The van der Waals surface area contributed by atoms with Crippen LogP contribution < -0.4 is 0 Å². The zero-order chi connectivity index (χ0) is 27.2. The third kappa shape index (κ3) is 8.14. The van der Waals surface area contributed by atoms with Crippen LogP contribution in [0.5, 0.6) is 0 Å². The van der Waals surface area contributed by atoms with Crippen molar-refractivity contribution in [2.24, 2.45) is 0 Å². The van der Waals surface area contributed by atoms with Gasteiger partial charge in [-0.1, -0.05) is 30.3 Å². The Hall–Kier alpha value is -3.22. The second kappa shape index (κ2) is 12.3. The van der Waals surface area contributed by atoms with E-state index in [1.165, 1.54) is 17.0 Å². The van der Waals surface area contributed by atoms with E-state index in [0.717, 1.165) is 28.6 Å². The normalized spacial score (nSPS) is 17.7. The summed E-state index contributed by atoms with van der Waals surface area (Å²) in [5.41, 5.74) is -0.199. The Balaban J connectivity index is 1.77. The van der Waals surface area contributed by atoms with Gasteiger partial charge in [-0.25, -0.2) is 14.8 Å². The summed E-state index contributed by atoms with van der Waals surface area (Å²) in [6.45, 7) is 5.15. The van der Waals surface area contributed by atoms with Gasteiger partial charge in [0.15, 0.2) is 0 Å². The summed E-state index contributed by atoms with van der Waals surface area (Å²) >= 11 is 6.59. The molecule has 11 nitrogen and oxygen atoms in total. The van der Waals surface area contributed by atoms with Gasteiger partial charge in [-0.05, 0) is 68.6 Å². The molecule has 0 N–H and O–H groups in total. The number of rotatable bonds is 7. The lowest BCUT2D eigenvalue weighted by Crippen LogP contribution is -2.57. The Bertz CT molecular complexity index is 1130. The van der Waals surface area contributed by atoms with E-state index in [2.05, 4.69) is 4.98 Å². The predicted molar refractivity (Wildman–Crippen MR) is 136 cm³/mol. The molecule has 2 heterocycles. The molecule has 1 saturated heterocycles. The minimum Gasteiger partial charge on any atom is -0.444 e. The fraction of sp³-hybridized carbons (Fsp3) is 0.417. The van der Waals surface area contributed by atoms with Gasteiger partial charge >= 0.3 is 11.5 Å². The van der Waals surface area contributed by atoms with Crippen LogP contribution in [-0.4, -0.2) is 60.7 Å². The van der Waals surface area contributed by atoms with Crippen LogP contribution in [0.3, 0.4) is 0 Å². The molecule has 0 unspecified atom stereocenters. The number of hydrogen-bond donors (Lipinski definition) is 0. The molecule has 1 aliphatic heterocycles. The minimum absolute atomic E-state index is 0.0488. The largest absolute Gasteiger partial charge is 0.444 e. The maximum absolute atomic E-state index is 13.2. The van der Waals surface area contributed by atoms with Crippen molar-refractivity contribution in [3.05, 3.63) is 64.3 Å². The number of nitrogens with zero attached hydrogens (tertiary/aromatic N) is 4. The molecule has 0 radical (unpaired) electrons. The van der Waals surface area contributed by atoms with Gasteiger partial charge in [-0.15, -0.1) is 0 Å². The fourth-order valence-electron chi connectivity index (χ4n) is 3.64. The number of thioether (sulfide) groups is 1. The van der Waals surface area contributed by atoms with Crippen molar-refractivity contribution in [1.29, 1.82) is 0 Å². The highest BCUT2D eigenvalue weighted by Gasteiger charge is 2.41. The van der Waals surface area contributed by atoms with Gasteiger partial charge in [0.1, 0.15) is 29.5 Å². The first-order valence-corrected chi connectivity index (χ1v) is 12.6. The molecule has 198 valence electrons. The van der Waals surface area contributed by atoms with Crippen molar-refractivity contribution in [2.75, 3.05) is 6.54 Å². The fourth-order valence-corrected chi connectivity index (χ4v) is 4.66. The molecule has 2 aromatic rings. The Morgan fingerprint density at radius 2 is 1.89 bits per heavy atom. The number of halogens is 1. The lowest BCUT2D eigenvalue weighted by Gasteiger charge is -2.41. The van der Waals surface area contributed by atoms with Gasteiger partial charge in [0, 0.05) is 12.6 Å². The number of piperidine rings is 1. The monoisotopic (exact) mass is 550 g/mol. The summed E-state index contributed by atoms with van der Waals surface area (Å²) < 4.78 is 5.53. The molecule has 13 heteroatoms. The van der Waals surface area contributed by atoms with Crippen molar-refractivity contribution in [3.8, 4) is 0 Å². The third-order valence-corrected chi connectivity index (χ3v) is 6.40. The average molecular weight is 551 g/mol. The van der Waals surface area contributed by atoms with Crippen LogP contribution in [0.1, 0.15) is 39.2 Å². The van der Waals surface area contributed by atoms with Gasteiger partial charge in [0.05, 0.1) is 11.0 Å². The van der Waals surface area contributed by atoms with Gasteiger partial charge in [0.2, 0.25) is 5.12 Å². The third-order valence-electron chi connectivity index (χ3n) is 5.31. The molecular formula is C24H27ClN4O7S. The van der Waals surface area contributed by atoms with Gasteiger partial charge in [-0.2, -0.15) is 0 Å². The molecule has 1 fully saturated rings. The predicted octanol–water partition coefficient (Wildman–Crippen LogP) is 5.17. The van der Waals surface area contributed by atoms with Crippen molar-refractivity contribution in [2.45, 2.75) is 62.9 Å². The zero-order valence-electron chi connectivity index (χ0n) is 20.5. The molecule has 3 rings (SSSR count). The zero-order valence-corrected chi connectivity index (χ0v) is 22.1. The van der Waals surface area contributed by atoms with Crippen LogP contribution in [0.4, 0.5) is 15.3 Å². The lowest BCUT2D eigenvalue weighted by atomic mass is 9.99. The highest BCUT2D eigenvalue weighted by Crippen LogP contribution is 2.30. The van der Waals surface area contributed by atoms with Crippen LogP contribution in [-0.2, 0) is 21.0 Å². The van der Waals surface area contributed by atoms with E-state index < -0.39 is 34.1 Å². The maximum Gasteiger partial charge on any atom is 0.411 e. The first kappa shape index (κ1) is 28.4. The number of nitro groups is 1. The Morgan fingerprint density at radius 3 is 2.46 bits per heavy atom. The van der Waals surface area contributed by atoms with Crippen LogP contribution in [0.2, 0.25) is 0 Å². The minimum atomic E-state index is -0.880. The van der Waals surface area contributed by atoms with Crippen LogP contribution in [0, 0.1) is 10.1 Å². The van der Waals surface area contributed by atoms with Crippen molar-refractivity contribution in [3.63, 3.8) is 0 Å². The first-order chi connectivity index (χ1) is 17.4. The summed E-state index contributed by atoms with van der Waals surface area (Å²) in [6, 6.07) is 10.3. The molecule has 0 saturated carbocycles. The smallest absolute Gasteiger partial charge is 0.411 e. The number of aromatic nitrogens is 1. The highest BCUT2D eigenvalue weighted by molar-refractivity contribution is 8.13. The summed E-state index contributed by atoms with van der Waals surface area (Å²) in [7, 11) is 0. The summed E-state index contributed by atoms with van der Waals surface area (Å²) in [5.74, 6) is 0. The molecule has 0 spiro atoms. The summed E-state index contributed by atoms with van der Waals surface area (Å²) in [5, 5.41) is 10.9. The van der Waals surface area contributed by atoms with E-state index in [0.29, 0.717) is 6.42 Å². The Labute approximate surface area is 223 Å². The van der Waals surface area contributed by atoms with E-state index in [4.69, 9.17) is 21.2 Å². The number of likely N-dealkylation sites (tertiary alicyclic amines) is 1. The molecule has 0 aliphatic carbocycles. The van der Waals surface area contributed by atoms with Crippen molar-refractivity contribution in [1.82, 2.24) is 14.9 Å². The van der Waals surface area contributed by atoms with Crippen molar-refractivity contribution >= 4 is 45.6 Å². The molecule has 1 aromatic carbocycles. The SMILES string of the molecule is CC(C)(C)OC(=O)N1C[C@H](N(OCc2ccccc2)C(=O)Cl)CC[C@H]1C(=O)Sc1ccc([N+](=O)[O-])cn1. The molecule has 2 atom stereocenters. The number of ether oxygens (including phenoxy) is 1. The number of amides is 2. The standard InChI is InChI=1S/C24H27ClN4O7S/c1-24(2,3)36-23(32)27-14-18(28(22(25)31)35-15-16-7-5-4-6-8-16)9-11-19(27)21(30)37-20-12-10-17(13-26-20)29(33)34/h4-8,10,12-13,18-19H,9,11,14-15H2,1-3H3/t18-,19+/m1/s1. The van der Waals surface area contributed by atoms with Gasteiger partial charge in [-0.3, -0.25) is 29.4 Å². The number of hydroxylamine groups is 2. The van der Waals surface area contributed by atoms with E-state index in [-0.39, 0.29) is 35.4 Å². The second-order valence-corrected chi connectivity index (χ2v) is 10.6. The average Bonchev–Trinajstić information content (AvgIpc) is 2.83. The number of benzene rings is 1. The lowest BCUT2D eigenvalue weighted by molar-refractivity contribution is -0.385. The molecule has 37 heavy (non-hydrogen) atoms. The summed E-state index contributed by atoms with van der Waals surface area (Å²) in [6.07, 6.45) is 0.874. The number of carbonyl (C=O) groups is 3. The van der Waals surface area contributed by atoms with E-state index in [9.17, 15) is 24.5 Å². The summed E-state index contributed by atoms with van der Waals surface area (Å²) in [4.78, 5) is 59.7. The number of pyridine rings is 1. The molecular weight excluding hydrogens is 524 g/mol. The quantitative estimate of drug-likeness (QED) is 0.150. The maximum atomic E-state index is 13.2. The highest BCUT2D eigenvalue weighted by atomic mass is 35.5. The van der Waals surface area contributed by atoms with Crippen LogP contribution >= 0.6 is 23.4 Å². The first-order valence-electron chi connectivity index (χ1n) is 11.4. The van der Waals surface area contributed by atoms with Crippen LogP contribution in [0.15, 0.2) is 53.7 Å². The Kier molecular flexibility index (Phi) is 9.46. The van der Waals surface area contributed by atoms with E-state index >= 15 is 0 Å². The van der Waals surface area contributed by atoms with Gasteiger partial charge in [0.25, 0.3) is 5.69 Å². The van der Waals surface area contributed by atoms with E-state index in [1.54, 1.807) is 20.8 Å². The molecule has 2 amide bonds. The molecule has 0 bridgehead atoms. The molecule has 1 aromatic heterocycles. The van der Waals surface area contributed by atoms with Gasteiger partial charge < -0.3 is 4.74 Å².